The lowest BCUT2D eigenvalue weighted by Crippen LogP contribution is -2.08. The molecule has 1 unspecified atom stereocenters. The van der Waals surface area contributed by atoms with Gasteiger partial charge in [0.05, 0.1) is 5.69 Å². The van der Waals surface area contributed by atoms with Gasteiger partial charge in [0.2, 0.25) is 0 Å². The van der Waals surface area contributed by atoms with E-state index in [0.29, 0.717) is 12.2 Å². The van der Waals surface area contributed by atoms with Gasteiger partial charge in [-0.1, -0.05) is 65.0 Å². The van der Waals surface area contributed by atoms with Crippen LogP contribution in [0.3, 0.4) is 0 Å². The van der Waals surface area contributed by atoms with Crippen molar-refractivity contribution in [2.24, 2.45) is 5.92 Å². The van der Waals surface area contributed by atoms with Gasteiger partial charge < -0.3 is 4.74 Å². The summed E-state index contributed by atoms with van der Waals surface area (Å²) < 4.78 is 5.69. The molecule has 0 N–H and O–H groups in total. The van der Waals surface area contributed by atoms with Crippen molar-refractivity contribution in [3.63, 3.8) is 0 Å². The Kier molecular flexibility index (Phi) is 9.74. The van der Waals surface area contributed by atoms with Crippen molar-refractivity contribution in [1.29, 1.82) is 0 Å². The molecule has 0 bridgehead atoms. The van der Waals surface area contributed by atoms with Gasteiger partial charge in [-0.2, -0.15) is 0 Å². The van der Waals surface area contributed by atoms with Crippen molar-refractivity contribution in [3.05, 3.63) is 48.2 Å². The first-order chi connectivity index (χ1) is 13.6. The lowest BCUT2D eigenvalue weighted by atomic mass is 10.0. The Morgan fingerprint density at radius 3 is 2.68 bits per heavy atom. The predicted molar refractivity (Wildman–Crippen MR) is 116 cm³/mol. The number of para-hydroxylation sites is 1. The average Bonchev–Trinajstić information content (AvgIpc) is 2.72. The molecule has 1 heterocycles. The molecule has 0 amide bonds. The third-order valence-corrected chi connectivity index (χ3v) is 5.30. The number of nitrogens with zero attached hydrogens (tertiary/aromatic N) is 1. The first-order valence-electron chi connectivity index (χ1n) is 10.9. The van der Waals surface area contributed by atoms with E-state index in [1.165, 1.54) is 37.7 Å². The highest BCUT2D eigenvalue weighted by Crippen LogP contribution is 2.29. The first-order valence-corrected chi connectivity index (χ1v) is 10.9. The van der Waals surface area contributed by atoms with Crippen LogP contribution in [0.2, 0.25) is 0 Å². The van der Waals surface area contributed by atoms with E-state index < -0.39 is 0 Å². The smallest absolute Gasteiger partial charge is 0.311 e. The maximum absolute atomic E-state index is 12.3. The minimum absolute atomic E-state index is 0.157. The summed E-state index contributed by atoms with van der Waals surface area (Å²) in [6, 6.07) is 11.9. The Labute approximate surface area is 170 Å². The van der Waals surface area contributed by atoms with E-state index in [4.69, 9.17) is 4.74 Å². The van der Waals surface area contributed by atoms with Crippen molar-refractivity contribution >= 4 is 5.97 Å². The fourth-order valence-electron chi connectivity index (χ4n) is 3.26. The van der Waals surface area contributed by atoms with Crippen LogP contribution in [0.15, 0.2) is 42.6 Å². The molecule has 0 radical (unpaired) electrons. The highest BCUT2D eigenvalue weighted by molar-refractivity contribution is 5.77. The third-order valence-electron chi connectivity index (χ3n) is 5.30. The van der Waals surface area contributed by atoms with Gasteiger partial charge in [0.25, 0.3) is 0 Å². The van der Waals surface area contributed by atoms with Crippen LogP contribution in [-0.2, 0) is 11.2 Å². The molecule has 0 aliphatic carbocycles. The Balaban J connectivity index is 1.99. The molecule has 0 saturated carbocycles. The van der Waals surface area contributed by atoms with Gasteiger partial charge in [-0.25, -0.2) is 0 Å². The van der Waals surface area contributed by atoms with Crippen LogP contribution in [0.4, 0.5) is 0 Å². The van der Waals surface area contributed by atoms with Crippen LogP contribution < -0.4 is 4.74 Å². The fourth-order valence-corrected chi connectivity index (χ4v) is 3.26. The number of carbonyl (C=O) groups is 1. The van der Waals surface area contributed by atoms with Crippen molar-refractivity contribution in [3.8, 4) is 17.0 Å². The van der Waals surface area contributed by atoms with Crippen LogP contribution in [-0.4, -0.2) is 11.0 Å². The lowest BCUT2D eigenvalue weighted by Gasteiger charge is -2.11. The zero-order valence-corrected chi connectivity index (χ0v) is 17.7. The molecule has 152 valence electrons. The second-order valence-corrected chi connectivity index (χ2v) is 7.74. The van der Waals surface area contributed by atoms with Gasteiger partial charge in [0.1, 0.15) is 5.75 Å². The minimum Gasteiger partial charge on any atom is -0.426 e. The van der Waals surface area contributed by atoms with E-state index >= 15 is 0 Å². The zero-order chi connectivity index (χ0) is 20.2. The number of hydrogen-bond donors (Lipinski definition) is 0. The number of hydrogen-bond acceptors (Lipinski definition) is 3. The standard InChI is InChI=1S/C25H35NO2/c1-4-6-7-13-21-17-18-26-23(19-21)22-14-9-10-15-24(22)28-25(27)16-11-8-12-20(3)5-2/h9-10,14-15,17-20H,4-8,11-13,16H2,1-3H3. The molecular weight excluding hydrogens is 346 g/mol. The summed E-state index contributed by atoms with van der Waals surface area (Å²) in [5.74, 6) is 1.18. The number of carbonyl (C=O) groups excluding carboxylic acids is 1. The Morgan fingerprint density at radius 2 is 1.89 bits per heavy atom. The van der Waals surface area contributed by atoms with Gasteiger partial charge in [-0.15, -0.1) is 0 Å². The highest BCUT2D eigenvalue weighted by Gasteiger charge is 2.12. The molecule has 0 aliphatic rings. The highest BCUT2D eigenvalue weighted by atomic mass is 16.5. The van der Waals surface area contributed by atoms with Crippen LogP contribution in [0.25, 0.3) is 11.3 Å². The number of ether oxygens (including phenoxy) is 1. The summed E-state index contributed by atoms with van der Waals surface area (Å²) in [7, 11) is 0. The number of rotatable bonds is 12. The summed E-state index contributed by atoms with van der Waals surface area (Å²) in [4.78, 5) is 16.8. The summed E-state index contributed by atoms with van der Waals surface area (Å²) in [6.07, 6.45) is 11.4. The second kappa shape index (κ2) is 12.3. The monoisotopic (exact) mass is 381 g/mol. The van der Waals surface area contributed by atoms with Crippen molar-refractivity contribution in [2.45, 2.75) is 78.6 Å². The van der Waals surface area contributed by atoms with E-state index in [1.807, 2.05) is 30.5 Å². The number of unbranched alkanes of at least 4 members (excludes halogenated alkanes) is 3. The SMILES string of the molecule is CCCCCc1ccnc(-c2ccccc2OC(=O)CCCCC(C)CC)c1. The summed E-state index contributed by atoms with van der Waals surface area (Å²) in [5.41, 5.74) is 3.03. The molecule has 2 aromatic rings. The largest absolute Gasteiger partial charge is 0.426 e. The lowest BCUT2D eigenvalue weighted by molar-refractivity contribution is -0.134. The van der Waals surface area contributed by atoms with E-state index in [-0.39, 0.29) is 5.97 Å². The summed E-state index contributed by atoms with van der Waals surface area (Å²) >= 11 is 0. The Morgan fingerprint density at radius 1 is 1.07 bits per heavy atom. The van der Waals surface area contributed by atoms with E-state index in [1.54, 1.807) is 0 Å². The second-order valence-electron chi connectivity index (χ2n) is 7.74. The molecule has 3 heteroatoms. The number of benzene rings is 1. The molecule has 1 aromatic heterocycles. The molecule has 2 rings (SSSR count). The third kappa shape index (κ3) is 7.46. The quantitative estimate of drug-likeness (QED) is 0.226. The molecule has 0 spiro atoms. The zero-order valence-electron chi connectivity index (χ0n) is 17.7. The van der Waals surface area contributed by atoms with Gasteiger partial charge in [0.15, 0.2) is 0 Å². The normalized spacial score (nSPS) is 12.0. The molecular formula is C25H35NO2. The number of aromatic nitrogens is 1. The first kappa shape index (κ1) is 22.1. The van der Waals surface area contributed by atoms with Crippen molar-refractivity contribution < 1.29 is 9.53 Å². The molecule has 28 heavy (non-hydrogen) atoms. The Hall–Kier alpha value is -2.16. The number of pyridine rings is 1. The summed E-state index contributed by atoms with van der Waals surface area (Å²) in [6.45, 7) is 6.69. The molecule has 0 fully saturated rings. The maximum atomic E-state index is 12.3. The van der Waals surface area contributed by atoms with Crippen LogP contribution in [0, 0.1) is 5.92 Å². The topological polar surface area (TPSA) is 39.2 Å². The molecule has 0 aliphatic heterocycles. The summed E-state index contributed by atoms with van der Waals surface area (Å²) in [5, 5.41) is 0. The molecule has 1 aromatic carbocycles. The fraction of sp³-hybridized carbons (Fsp3) is 0.520. The van der Waals surface area contributed by atoms with Gasteiger partial charge in [-0.3, -0.25) is 9.78 Å². The van der Waals surface area contributed by atoms with E-state index in [2.05, 4.69) is 37.9 Å². The minimum atomic E-state index is -0.157. The number of aryl methyl sites for hydroxylation is 1. The molecule has 0 saturated heterocycles. The van der Waals surface area contributed by atoms with Gasteiger partial charge >= 0.3 is 5.97 Å². The molecule has 3 nitrogen and oxygen atoms in total. The van der Waals surface area contributed by atoms with E-state index in [0.717, 1.165) is 36.4 Å². The van der Waals surface area contributed by atoms with Gasteiger partial charge in [-0.05, 0) is 55.0 Å². The van der Waals surface area contributed by atoms with Crippen molar-refractivity contribution in [2.75, 3.05) is 0 Å². The van der Waals surface area contributed by atoms with E-state index in [9.17, 15) is 4.79 Å². The Bertz CT molecular complexity index is 726. The average molecular weight is 382 g/mol. The maximum Gasteiger partial charge on any atom is 0.311 e. The van der Waals surface area contributed by atoms with Crippen LogP contribution in [0.5, 0.6) is 5.75 Å². The molecule has 1 atom stereocenters. The number of esters is 1. The van der Waals surface area contributed by atoms with Gasteiger partial charge in [0, 0.05) is 18.2 Å². The predicted octanol–water partition coefficient (Wildman–Crippen LogP) is 6.99. The van der Waals surface area contributed by atoms with Crippen molar-refractivity contribution in [1.82, 2.24) is 4.98 Å². The van der Waals surface area contributed by atoms with Crippen LogP contribution in [0.1, 0.15) is 77.7 Å². The van der Waals surface area contributed by atoms with Crippen LogP contribution >= 0.6 is 0 Å².